The molecule has 0 radical (unpaired) electrons. The van der Waals surface area contributed by atoms with Crippen molar-refractivity contribution in [2.24, 2.45) is 0 Å². The zero-order valence-electron chi connectivity index (χ0n) is 40.5. The molecule has 0 saturated heterocycles. The molecule has 2 heterocycles. The molecule has 0 unspecified atom stereocenters. The minimum atomic E-state index is -4.35. The number of sulfone groups is 2. The number of benzene rings is 4. The standard InChI is InChI=1S/C24H27FN3O6PS.C12H11N3O2.C11H17FNO5PS/c1-4-33-35(30,34-5-2)15-36(31,32)22-11-8-17(12-19(22)25)13-21(29)23-24(26)27-14-20(28-23)18-9-6-16(3)7-10-18;1-7-2-4-8(5-3-7)9-6-14-11(13)10(15-9)12(16)17;1-3-17-19(14,18-4-2)8-20(15,16)11-6-5-9(13)7-10(11)12/h6-12,14H,4-5,13,15H2,1-3H3,(H2,26,27);2-6H,1H3,(H2,13,14)(H,16,17);5-7H,3-4,8,13H2,1-2H3. The molecule has 0 spiro atoms. The van der Waals surface area contributed by atoms with Crippen LogP contribution in [0.15, 0.2) is 107 Å². The largest absolute Gasteiger partial charge is 0.476 e. The van der Waals surface area contributed by atoms with Crippen molar-refractivity contribution in [2.75, 3.05) is 54.6 Å². The number of hydrogen-bond acceptors (Lipinski definition) is 19. The average Bonchev–Trinajstić information content (AvgIpc) is 3.30. The SMILES string of the molecule is CCOP(=O)(CS(=O)(=O)c1ccc(CC(=O)c2nc(-c3ccc(C)cc3)cnc2N)cc1F)OCC.CCOP(=O)(CS(=O)(=O)c1ccc(N)cc1F)OCC.Cc1ccc(-c2cnc(N)c(C(=O)O)n2)cc1. The number of carboxylic acids is 1. The number of carboxylic acid groups (broad SMARTS) is 1. The van der Waals surface area contributed by atoms with E-state index in [-0.39, 0.29) is 67.1 Å². The number of carbonyl (C=O) groups is 2. The van der Waals surface area contributed by atoms with E-state index in [2.05, 4.69) is 19.9 Å². The Bertz CT molecular complexity index is 3230. The van der Waals surface area contributed by atoms with E-state index >= 15 is 0 Å². The van der Waals surface area contributed by atoms with Crippen LogP contribution in [-0.2, 0) is 53.3 Å². The van der Waals surface area contributed by atoms with Gasteiger partial charge < -0.3 is 40.4 Å². The summed E-state index contributed by atoms with van der Waals surface area (Å²) in [6.45, 7) is 10.1. The summed E-state index contributed by atoms with van der Waals surface area (Å²) in [5, 5.41) is 8.90. The number of nitrogen functional groups attached to an aromatic ring is 3. The molecule has 4 aromatic carbocycles. The number of rotatable bonds is 20. The topological polar surface area (TPSA) is 323 Å². The van der Waals surface area contributed by atoms with Gasteiger partial charge in [0.2, 0.25) is 0 Å². The highest BCUT2D eigenvalue weighted by atomic mass is 32.2. The van der Waals surface area contributed by atoms with Crippen molar-refractivity contribution in [1.82, 2.24) is 19.9 Å². The second-order valence-electron chi connectivity index (χ2n) is 15.5. The lowest BCUT2D eigenvalue weighted by atomic mass is 10.1. The minimum absolute atomic E-state index is 0.0248. The van der Waals surface area contributed by atoms with Gasteiger partial charge in [-0.25, -0.2) is 50.3 Å². The fraction of sp³-hybridized carbons (Fsp3) is 0.277. The van der Waals surface area contributed by atoms with E-state index in [1.165, 1.54) is 38.4 Å². The summed E-state index contributed by atoms with van der Waals surface area (Å²) in [5.74, 6) is -3.92. The first-order valence-corrected chi connectivity index (χ1v) is 28.8. The summed E-state index contributed by atoms with van der Waals surface area (Å²) < 4.78 is 123. The number of nitrogens with zero attached hydrogens (tertiary/aromatic N) is 4. The van der Waals surface area contributed by atoms with Crippen molar-refractivity contribution in [2.45, 2.75) is 57.8 Å². The zero-order chi connectivity index (χ0) is 54.3. The van der Waals surface area contributed by atoms with Gasteiger partial charge in [-0.05, 0) is 77.4 Å². The molecule has 0 aliphatic rings. The number of hydrogen-bond donors (Lipinski definition) is 4. The van der Waals surface area contributed by atoms with Gasteiger partial charge in [0.1, 0.15) is 27.1 Å². The molecule has 7 N–H and O–H groups in total. The van der Waals surface area contributed by atoms with Gasteiger partial charge in [-0.2, -0.15) is 0 Å². The predicted octanol–water partition coefficient (Wildman–Crippen LogP) is 8.73. The molecule has 0 amide bonds. The number of halogens is 2. The maximum Gasteiger partial charge on any atom is 0.358 e. The molecule has 0 bridgehead atoms. The van der Waals surface area contributed by atoms with Crippen molar-refractivity contribution < 1.29 is 67.5 Å². The Morgan fingerprint density at radius 2 is 0.973 bits per heavy atom. The maximum absolute atomic E-state index is 14.8. The van der Waals surface area contributed by atoms with Crippen LogP contribution in [0.4, 0.5) is 26.1 Å². The maximum atomic E-state index is 14.8. The van der Waals surface area contributed by atoms with Gasteiger partial charge in [-0.15, -0.1) is 0 Å². The third kappa shape index (κ3) is 16.8. The van der Waals surface area contributed by atoms with Crippen LogP contribution in [0.25, 0.3) is 22.5 Å². The van der Waals surface area contributed by atoms with Gasteiger partial charge in [0.05, 0.1) is 50.2 Å². The summed E-state index contributed by atoms with van der Waals surface area (Å²) in [4.78, 5) is 38.8. The molecule has 26 heteroatoms. The van der Waals surface area contributed by atoms with Gasteiger partial charge in [0, 0.05) is 23.2 Å². The van der Waals surface area contributed by atoms with E-state index in [0.717, 1.165) is 46.5 Å². The molecule has 0 fully saturated rings. The number of nitrogens with two attached hydrogens (primary N) is 3. The Morgan fingerprint density at radius 1 is 0.589 bits per heavy atom. The molecule has 0 saturated carbocycles. The molecule has 0 aliphatic carbocycles. The Kier molecular flexibility index (Phi) is 21.1. The number of aromatic nitrogens is 4. The van der Waals surface area contributed by atoms with E-state index in [4.69, 9.17) is 40.4 Å². The number of carbonyl (C=O) groups excluding carboxylic acids is 1. The highest BCUT2D eigenvalue weighted by Gasteiger charge is 2.35. The van der Waals surface area contributed by atoms with Crippen molar-refractivity contribution in [3.05, 3.63) is 137 Å². The van der Waals surface area contributed by atoms with E-state index in [0.29, 0.717) is 11.4 Å². The Hall–Kier alpha value is -6.36. The molecule has 6 aromatic rings. The lowest BCUT2D eigenvalue weighted by Gasteiger charge is -2.17. The van der Waals surface area contributed by atoms with E-state index in [9.17, 15) is 44.3 Å². The summed E-state index contributed by atoms with van der Waals surface area (Å²) in [6.07, 6.45) is 2.63. The van der Waals surface area contributed by atoms with Crippen LogP contribution in [0, 0.1) is 25.5 Å². The average molecular weight is 1090 g/mol. The molecule has 392 valence electrons. The lowest BCUT2D eigenvalue weighted by molar-refractivity contribution is 0.0691. The molecular formula is C47H55F2N7O13P2S2. The highest BCUT2D eigenvalue weighted by molar-refractivity contribution is 7.98. The Morgan fingerprint density at radius 3 is 1.36 bits per heavy atom. The van der Waals surface area contributed by atoms with Gasteiger partial charge in [0.15, 0.2) is 53.8 Å². The zero-order valence-corrected chi connectivity index (χ0v) is 43.9. The summed E-state index contributed by atoms with van der Waals surface area (Å²) in [6, 6.07) is 21.5. The molecular weight excluding hydrogens is 1030 g/mol. The van der Waals surface area contributed by atoms with Crippen LogP contribution in [-0.4, -0.2) is 91.0 Å². The molecule has 0 aliphatic heterocycles. The number of aromatic carboxylic acids is 1. The third-order valence-corrected chi connectivity index (χ3v) is 19.6. The first-order valence-electron chi connectivity index (χ1n) is 22.0. The predicted molar refractivity (Wildman–Crippen MR) is 271 cm³/mol. The van der Waals surface area contributed by atoms with E-state index in [1.54, 1.807) is 13.8 Å². The van der Waals surface area contributed by atoms with E-state index in [1.807, 2.05) is 62.4 Å². The fourth-order valence-corrected chi connectivity index (χ4v) is 15.0. The molecule has 0 atom stereocenters. The summed E-state index contributed by atoms with van der Waals surface area (Å²) in [7, 11) is -16.3. The Labute approximate surface area is 421 Å². The van der Waals surface area contributed by atoms with Gasteiger partial charge in [0.25, 0.3) is 0 Å². The monoisotopic (exact) mass is 1090 g/mol. The fourth-order valence-electron chi connectivity index (χ4n) is 6.40. The first kappa shape index (κ1) is 59.2. The third-order valence-electron chi connectivity index (χ3n) is 9.71. The van der Waals surface area contributed by atoms with Crippen molar-refractivity contribution in [3.63, 3.8) is 0 Å². The quantitative estimate of drug-likeness (QED) is 0.0315. The van der Waals surface area contributed by atoms with Gasteiger partial charge in [-0.1, -0.05) is 65.7 Å². The lowest BCUT2D eigenvalue weighted by Crippen LogP contribution is -2.14. The van der Waals surface area contributed by atoms with Gasteiger partial charge >= 0.3 is 21.2 Å². The highest BCUT2D eigenvalue weighted by Crippen LogP contribution is 2.51. The van der Waals surface area contributed by atoms with Crippen molar-refractivity contribution >= 4 is 63.9 Å². The van der Waals surface area contributed by atoms with E-state index < -0.39 is 79.0 Å². The smallest absolute Gasteiger partial charge is 0.358 e. The molecule has 20 nitrogen and oxygen atoms in total. The van der Waals surface area contributed by atoms with Gasteiger partial charge in [-0.3, -0.25) is 13.9 Å². The van der Waals surface area contributed by atoms with Crippen LogP contribution < -0.4 is 17.2 Å². The molecule has 2 aromatic heterocycles. The second-order valence-corrected chi connectivity index (χ2v) is 24.3. The summed E-state index contributed by atoms with van der Waals surface area (Å²) in [5.41, 5.74) is 19.4. The first-order chi connectivity index (χ1) is 34.3. The van der Waals surface area contributed by atoms with Crippen LogP contribution in [0.1, 0.15) is 65.4 Å². The molecule has 73 heavy (non-hydrogen) atoms. The molecule has 6 rings (SSSR count). The number of anilines is 3. The van der Waals surface area contributed by atoms with Crippen LogP contribution in [0.3, 0.4) is 0 Å². The van der Waals surface area contributed by atoms with Crippen LogP contribution >= 0.6 is 15.2 Å². The number of Topliss-reactive ketones (excluding diaryl/α,β-unsaturated/α-hetero) is 1. The van der Waals surface area contributed by atoms with Crippen LogP contribution in [0.2, 0.25) is 0 Å². The van der Waals surface area contributed by atoms with Crippen molar-refractivity contribution in [1.29, 1.82) is 0 Å². The Balaban J connectivity index is 0.000000262. The number of aryl methyl sites for hydroxylation is 2. The second kappa shape index (κ2) is 26.0. The summed E-state index contributed by atoms with van der Waals surface area (Å²) >= 11 is 0. The van der Waals surface area contributed by atoms with Crippen LogP contribution in [0.5, 0.6) is 0 Å². The normalized spacial score (nSPS) is 11.7. The number of ketones is 1. The minimum Gasteiger partial charge on any atom is -0.476 e. The van der Waals surface area contributed by atoms with Crippen molar-refractivity contribution in [3.8, 4) is 22.5 Å².